The average molecular weight is 461 g/mol. The molecule has 0 radical (unpaired) electrons. The molecule has 4 rings (SSSR count). The van der Waals surface area contributed by atoms with E-state index in [4.69, 9.17) is 16.3 Å². The summed E-state index contributed by atoms with van der Waals surface area (Å²) >= 11 is 6.70. The minimum absolute atomic E-state index is 0.000793. The number of Topliss-reactive ketones (excluding diaryl/α,β-unsaturated/α-hetero) is 1. The summed E-state index contributed by atoms with van der Waals surface area (Å²) in [5, 5.41) is 12.0. The van der Waals surface area contributed by atoms with Gasteiger partial charge in [0, 0.05) is 28.7 Å². The maximum absolute atomic E-state index is 13.2. The Bertz CT molecular complexity index is 933. The first-order valence-corrected chi connectivity index (χ1v) is 12.1. The van der Waals surface area contributed by atoms with Gasteiger partial charge in [0.1, 0.15) is 6.61 Å². The van der Waals surface area contributed by atoms with Gasteiger partial charge >= 0.3 is 5.97 Å². The Kier molecular flexibility index (Phi) is 6.04. The van der Waals surface area contributed by atoms with E-state index in [1.54, 1.807) is 12.2 Å². The molecule has 0 aromatic heterocycles. The maximum Gasteiger partial charge on any atom is 0.306 e. The monoisotopic (exact) mass is 460 g/mol. The van der Waals surface area contributed by atoms with Crippen LogP contribution in [0, 0.1) is 40.4 Å². The highest BCUT2D eigenvalue weighted by atomic mass is 35.5. The minimum atomic E-state index is -0.642. The van der Waals surface area contributed by atoms with Crippen LogP contribution in [0.3, 0.4) is 0 Å². The minimum Gasteiger partial charge on any atom is -0.458 e. The van der Waals surface area contributed by atoms with Crippen molar-refractivity contribution in [2.24, 2.45) is 40.4 Å². The van der Waals surface area contributed by atoms with Crippen LogP contribution in [0.15, 0.2) is 34.9 Å². The molecule has 0 amide bonds. The Hall–Kier alpha value is -1.72. The molecule has 32 heavy (non-hydrogen) atoms. The predicted molar refractivity (Wildman–Crippen MR) is 122 cm³/mol. The number of ketones is 2. The lowest BCUT2D eigenvalue weighted by molar-refractivity contribution is -0.152. The fourth-order valence-electron chi connectivity index (χ4n) is 7.43. The van der Waals surface area contributed by atoms with Crippen molar-refractivity contribution in [2.45, 2.75) is 59.5 Å². The highest BCUT2D eigenvalue weighted by Gasteiger charge is 2.64. The van der Waals surface area contributed by atoms with E-state index in [-0.39, 0.29) is 53.7 Å². The summed E-state index contributed by atoms with van der Waals surface area (Å²) in [4.78, 5) is 37.0. The predicted octanol–water partition coefficient (Wildman–Crippen LogP) is 4.38. The lowest BCUT2D eigenvalue weighted by Crippen LogP contribution is -2.55. The first-order chi connectivity index (χ1) is 15.0. The zero-order valence-electron chi connectivity index (χ0n) is 19.3. The van der Waals surface area contributed by atoms with Crippen molar-refractivity contribution < 1.29 is 24.2 Å². The standard InChI is InChI=1S/C26H33ClO5/c1-5-6-22(31)32-13-21(30)23-14(2)9-17-16-11-19(27)18-10-15(28)7-8-25(18,3)24(16)20(29)12-26(17,23)4/h7-8,10-11,14,16-17,20,23-24,29H,5-6,9,12-13H2,1-4H3/t14-,16+,17+,20+,23-,24-,25+,26+/m1/s1. The van der Waals surface area contributed by atoms with E-state index in [1.165, 1.54) is 0 Å². The average Bonchev–Trinajstić information content (AvgIpc) is 2.97. The number of hydrogen-bond acceptors (Lipinski definition) is 5. The molecule has 0 unspecified atom stereocenters. The van der Waals surface area contributed by atoms with Gasteiger partial charge in [-0.3, -0.25) is 14.4 Å². The Morgan fingerprint density at radius 3 is 2.72 bits per heavy atom. The van der Waals surface area contributed by atoms with E-state index < -0.39 is 16.9 Å². The number of hydrogen-bond donors (Lipinski definition) is 1. The largest absolute Gasteiger partial charge is 0.458 e. The Balaban J connectivity index is 1.66. The second kappa shape index (κ2) is 8.25. The van der Waals surface area contributed by atoms with Gasteiger partial charge in [0.05, 0.1) is 6.10 Å². The third-order valence-electron chi connectivity index (χ3n) is 8.62. The topological polar surface area (TPSA) is 80.7 Å². The maximum atomic E-state index is 13.2. The number of fused-ring (bicyclic) bond motifs is 5. The van der Waals surface area contributed by atoms with E-state index in [9.17, 15) is 19.5 Å². The number of aliphatic hydroxyl groups excluding tert-OH is 1. The number of carbonyl (C=O) groups is 3. The van der Waals surface area contributed by atoms with Gasteiger partial charge in [0.25, 0.3) is 0 Å². The molecule has 0 aromatic carbocycles. The summed E-state index contributed by atoms with van der Waals surface area (Å²) in [6.07, 6.45) is 8.77. The molecule has 174 valence electrons. The van der Waals surface area contributed by atoms with Crippen LogP contribution >= 0.6 is 11.6 Å². The number of esters is 1. The second-order valence-electron chi connectivity index (χ2n) is 10.6. The number of aliphatic hydroxyl groups is 1. The molecule has 0 spiro atoms. The van der Waals surface area contributed by atoms with Crippen LogP contribution in [0.25, 0.3) is 0 Å². The molecule has 4 aliphatic rings. The Morgan fingerprint density at radius 1 is 1.31 bits per heavy atom. The summed E-state index contributed by atoms with van der Waals surface area (Å²) < 4.78 is 5.24. The molecule has 0 heterocycles. The molecule has 2 saturated carbocycles. The third kappa shape index (κ3) is 3.52. The molecule has 5 nitrogen and oxygen atoms in total. The van der Waals surface area contributed by atoms with E-state index in [2.05, 4.69) is 20.8 Å². The quantitative estimate of drug-likeness (QED) is 0.615. The van der Waals surface area contributed by atoms with Crippen molar-refractivity contribution in [3.63, 3.8) is 0 Å². The summed E-state index contributed by atoms with van der Waals surface area (Å²) in [7, 11) is 0. The van der Waals surface area contributed by atoms with Crippen molar-refractivity contribution in [1.82, 2.24) is 0 Å². The van der Waals surface area contributed by atoms with E-state index in [1.807, 2.05) is 19.1 Å². The van der Waals surface area contributed by atoms with Crippen LogP contribution in [0.1, 0.15) is 53.4 Å². The zero-order chi connectivity index (χ0) is 23.4. The Labute approximate surface area is 194 Å². The third-order valence-corrected chi connectivity index (χ3v) is 8.95. The molecule has 4 aliphatic carbocycles. The smallest absolute Gasteiger partial charge is 0.306 e. The molecule has 0 aromatic rings. The summed E-state index contributed by atoms with van der Waals surface area (Å²) in [5.74, 6) is -0.587. The number of carbonyl (C=O) groups excluding carboxylic acids is 3. The van der Waals surface area contributed by atoms with Gasteiger partial charge in [-0.25, -0.2) is 0 Å². The summed E-state index contributed by atoms with van der Waals surface area (Å²) in [6, 6.07) is 0. The van der Waals surface area contributed by atoms with Gasteiger partial charge in [0.15, 0.2) is 11.6 Å². The molecule has 1 N–H and O–H groups in total. The molecule has 6 heteroatoms. The first-order valence-electron chi connectivity index (χ1n) is 11.7. The zero-order valence-corrected chi connectivity index (χ0v) is 20.0. The number of ether oxygens (including phenoxy) is 1. The summed E-state index contributed by atoms with van der Waals surface area (Å²) in [5.41, 5.74) is -0.156. The van der Waals surface area contributed by atoms with E-state index in [0.29, 0.717) is 24.3 Å². The molecular weight excluding hydrogens is 428 g/mol. The van der Waals surface area contributed by atoms with Crippen molar-refractivity contribution in [3.8, 4) is 0 Å². The van der Waals surface area contributed by atoms with Crippen LogP contribution in [0.4, 0.5) is 0 Å². The molecule has 0 aliphatic heterocycles. The van der Waals surface area contributed by atoms with Crippen molar-refractivity contribution in [2.75, 3.05) is 6.61 Å². The van der Waals surface area contributed by atoms with Crippen LogP contribution in [0.5, 0.6) is 0 Å². The van der Waals surface area contributed by atoms with Crippen molar-refractivity contribution >= 4 is 29.1 Å². The molecule has 0 bridgehead atoms. The van der Waals surface area contributed by atoms with Crippen molar-refractivity contribution in [3.05, 3.63) is 34.9 Å². The molecule has 8 atom stereocenters. The molecule has 0 saturated heterocycles. The molecular formula is C26H33ClO5. The lowest BCUT2D eigenvalue weighted by atomic mass is 9.48. The normalized spacial score (nSPS) is 42.4. The second-order valence-corrected chi connectivity index (χ2v) is 11.1. The van der Waals surface area contributed by atoms with Gasteiger partial charge in [-0.2, -0.15) is 0 Å². The van der Waals surface area contributed by atoms with Crippen molar-refractivity contribution in [1.29, 1.82) is 0 Å². The highest BCUT2D eigenvalue weighted by Crippen LogP contribution is 2.66. The van der Waals surface area contributed by atoms with Gasteiger partial charge in [-0.1, -0.05) is 51.4 Å². The van der Waals surface area contributed by atoms with Crippen LogP contribution in [-0.2, 0) is 19.1 Å². The molecule has 2 fully saturated rings. The van der Waals surface area contributed by atoms with E-state index in [0.717, 1.165) is 12.0 Å². The fourth-order valence-corrected chi connectivity index (χ4v) is 7.84. The Morgan fingerprint density at radius 2 is 2.03 bits per heavy atom. The highest BCUT2D eigenvalue weighted by molar-refractivity contribution is 6.32. The van der Waals surface area contributed by atoms with Gasteiger partial charge in [-0.15, -0.1) is 0 Å². The number of halogens is 1. The van der Waals surface area contributed by atoms with Gasteiger partial charge in [0.2, 0.25) is 0 Å². The summed E-state index contributed by atoms with van der Waals surface area (Å²) in [6.45, 7) is 7.94. The van der Waals surface area contributed by atoms with Crippen LogP contribution < -0.4 is 0 Å². The van der Waals surface area contributed by atoms with Crippen LogP contribution in [-0.4, -0.2) is 35.4 Å². The van der Waals surface area contributed by atoms with Gasteiger partial charge in [-0.05, 0) is 60.2 Å². The van der Waals surface area contributed by atoms with E-state index >= 15 is 0 Å². The SMILES string of the molecule is CCCC(=O)OCC(=O)[C@H]1[C@H](C)C[C@H]2[C@@H]3C=C(Cl)C4=CC(=O)C=C[C@]4(C)[C@H]3[C@@H](O)C[C@@]21C. The number of allylic oxidation sites excluding steroid dienone is 6. The fraction of sp³-hybridized carbons (Fsp3) is 0.654. The van der Waals surface area contributed by atoms with Gasteiger partial charge < -0.3 is 9.84 Å². The lowest BCUT2D eigenvalue weighted by Gasteiger charge is -2.57. The van der Waals surface area contributed by atoms with Crippen LogP contribution in [0.2, 0.25) is 0 Å². The first kappa shape index (κ1) is 23.4. The number of rotatable bonds is 5.